The summed E-state index contributed by atoms with van der Waals surface area (Å²) in [5, 5.41) is 0.687. The second-order valence-corrected chi connectivity index (χ2v) is 6.77. The lowest BCUT2D eigenvalue weighted by atomic mass is 10.2. The third kappa shape index (κ3) is 2.84. The van der Waals surface area contributed by atoms with Crippen molar-refractivity contribution in [2.24, 2.45) is 0 Å². The van der Waals surface area contributed by atoms with Gasteiger partial charge >= 0.3 is 0 Å². The van der Waals surface area contributed by atoms with Crippen LogP contribution in [0.5, 0.6) is 0 Å². The van der Waals surface area contributed by atoms with Crippen molar-refractivity contribution in [3.05, 3.63) is 65.0 Å². The lowest BCUT2D eigenvalue weighted by molar-refractivity contribution is -0.118. The van der Waals surface area contributed by atoms with Gasteiger partial charge in [0, 0.05) is 7.05 Å². The number of amides is 1. The van der Waals surface area contributed by atoms with Crippen molar-refractivity contribution in [2.45, 2.75) is 6.54 Å². The Morgan fingerprint density at radius 1 is 1.23 bits per heavy atom. The van der Waals surface area contributed by atoms with E-state index in [0.717, 1.165) is 16.3 Å². The van der Waals surface area contributed by atoms with E-state index in [9.17, 15) is 14.0 Å². The molecular weight excluding hydrogens is 355 g/mol. The minimum atomic E-state index is -0.521. The Labute approximate surface area is 151 Å². The lowest BCUT2D eigenvalue weighted by Gasteiger charge is -2.14. The van der Waals surface area contributed by atoms with Gasteiger partial charge in [0.25, 0.3) is 5.56 Å². The van der Waals surface area contributed by atoms with E-state index in [1.165, 1.54) is 39.3 Å². The fourth-order valence-electron chi connectivity index (χ4n) is 2.61. The van der Waals surface area contributed by atoms with Crippen molar-refractivity contribution in [1.82, 2.24) is 14.5 Å². The summed E-state index contributed by atoms with van der Waals surface area (Å²) in [4.78, 5) is 35.0. The minimum Gasteiger partial charge on any atom is -0.290 e. The van der Waals surface area contributed by atoms with Gasteiger partial charge in [-0.15, -0.1) is 0 Å². The van der Waals surface area contributed by atoms with Crippen molar-refractivity contribution in [2.75, 3.05) is 11.9 Å². The number of aromatic nitrogens is 3. The summed E-state index contributed by atoms with van der Waals surface area (Å²) in [6.07, 6.45) is 1.30. The first kappa shape index (κ1) is 16.3. The van der Waals surface area contributed by atoms with Gasteiger partial charge in [0.15, 0.2) is 5.13 Å². The number of halogens is 1. The standard InChI is InChI=1S/C18H13FN4O2S/c1-22(18-21-14-4-2-3-5-15(14)26-18)16(24)9-23-10-20-13-7-6-11(19)8-12(13)17(23)25/h2-8,10H,9H2,1H3. The van der Waals surface area contributed by atoms with Crippen LogP contribution in [0.2, 0.25) is 0 Å². The lowest BCUT2D eigenvalue weighted by Crippen LogP contribution is -2.34. The van der Waals surface area contributed by atoms with Crippen LogP contribution in [0, 0.1) is 5.82 Å². The molecule has 130 valence electrons. The minimum absolute atomic E-state index is 0.142. The van der Waals surface area contributed by atoms with Gasteiger partial charge in [-0.25, -0.2) is 14.4 Å². The largest absolute Gasteiger partial charge is 0.290 e. The molecule has 4 rings (SSSR count). The number of thiazole rings is 1. The summed E-state index contributed by atoms with van der Waals surface area (Å²) in [7, 11) is 1.61. The summed E-state index contributed by atoms with van der Waals surface area (Å²) in [5.74, 6) is -0.837. The molecule has 0 saturated heterocycles. The van der Waals surface area contributed by atoms with Crippen LogP contribution in [0.4, 0.5) is 9.52 Å². The molecular formula is C18H13FN4O2S. The Bertz CT molecular complexity index is 1170. The highest BCUT2D eigenvalue weighted by Gasteiger charge is 2.17. The van der Waals surface area contributed by atoms with Crippen molar-refractivity contribution >= 4 is 43.5 Å². The number of para-hydroxylation sites is 1. The molecule has 0 saturated carbocycles. The summed E-state index contributed by atoms with van der Waals surface area (Å²) in [5.41, 5.74) is 0.743. The van der Waals surface area contributed by atoms with Gasteiger partial charge in [-0.3, -0.25) is 19.1 Å². The highest BCUT2D eigenvalue weighted by atomic mass is 32.1. The van der Waals surface area contributed by atoms with Crippen LogP contribution in [0.1, 0.15) is 0 Å². The molecule has 26 heavy (non-hydrogen) atoms. The second-order valence-electron chi connectivity index (χ2n) is 5.76. The smallest absolute Gasteiger partial charge is 0.261 e. The maximum absolute atomic E-state index is 13.4. The SMILES string of the molecule is CN(C(=O)Cn1cnc2ccc(F)cc2c1=O)c1nc2ccccc2s1. The van der Waals surface area contributed by atoms with Crippen LogP contribution in [0.25, 0.3) is 21.1 Å². The Kier molecular flexibility index (Phi) is 3.96. The van der Waals surface area contributed by atoms with Crippen molar-refractivity contribution in [3.63, 3.8) is 0 Å². The normalized spacial score (nSPS) is 11.2. The van der Waals surface area contributed by atoms with E-state index in [1.807, 2.05) is 24.3 Å². The van der Waals surface area contributed by atoms with Crippen molar-refractivity contribution in [3.8, 4) is 0 Å². The van der Waals surface area contributed by atoms with Gasteiger partial charge in [-0.1, -0.05) is 23.5 Å². The third-order valence-corrected chi connectivity index (χ3v) is 5.15. The van der Waals surface area contributed by atoms with Gasteiger partial charge < -0.3 is 0 Å². The van der Waals surface area contributed by atoms with Crippen LogP contribution < -0.4 is 10.5 Å². The zero-order valence-electron chi connectivity index (χ0n) is 13.7. The zero-order chi connectivity index (χ0) is 18.3. The van der Waals surface area contributed by atoms with E-state index in [1.54, 1.807) is 7.05 Å². The molecule has 2 heterocycles. The first-order valence-electron chi connectivity index (χ1n) is 7.80. The number of carbonyl (C=O) groups is 1. The number of anilines is 1. The first-order valence-corrected chi connectivity index (χ1v) is 8.61. The van der Waals surface area contributed by atoms with E-state index in [4.69, 9.17) is 0 Å². The number of rotatable bonds is 3. The third-order valence-electron chi connectivity index (χ3n) is 4.04. The topological polar surface area (TPSA) is 68.1 Å². The fourth-order valence-corrected chi connectivity index (χ4v) is 3.55. The highest BCUT2D eigenvalue weighted by molar-refractivity contribution is 7.22. The number of likely N-dealkylation sites (N-methyl/N-ethyl adjacent to an activating group) is 1. The zero-order valence-corrected chi connectivity index (χ0v) is 14.5. The van der Waals surface area contributed by atoms with E-state index in [2.05, 4.69) is 9.97 Å². The van der Waals surface area contributed by atoms with Crippen LogP contribution in [-0.2, 0) is 11.3 Å². The van der Waals surface area contributed by atoms with E-state index in [-0.39, 0.29) is 17.8 Å². The Morgan fingerprint density at radius 2 is 2.04 bits per heavy atom. The van der Waals surface area contributed by atoms with Crippen molar-refractivity contribution < 1.29 is 9.18 Å². The van der Waals surface area contributed by atoms with E-state index < -0.39 is 11.4 Å². The van der Waals surface area contributed by atoms with Gasteiger partial charge in [0.05, 0.1) is 27.4 Å². The molecule has 2 aromatic heterocycles. The van der Waals surface area contributed by atoms with Crippen LogP contribution in [0.3, 0.4) is 0 Å². The predicted octanol–water partition coefficient (Wildman–Crippen LogP) is 2.81. The molecule has 0 aliphatic carbocycles. The Hall–Kier alpha value is -3.13. The maximum Gasteiger partial charge on any atom is 0.261 e. The van der Waals surface area contributed by atoms with Crippen LogP contribution >= 0.6 is 11.3 Å². The summed E-state index contributed by atoms with van der Waals surface area (Å²) in [6, 6.07) is 11.4. The molecule has 0 atom stereocenters. The van der Waals surface area contributed by atoms with Crippen LogP contribution in [0.15, 0.2) is 53.6 Å². The van der Waals surface area contributed by atoms with Gasteiger partial charge in [0.2, 0.25) is 5.91 Å². The molecule has 2 aromatic carbocycles. The molecule has 0 fully saturated rings. The molecule has 0 aliphatic rings. The Morgan fingerprint density at radius 3 is 2.85 bits per heavy atom. The molecule has 0 unspecified atom stereocenters. The average molecular weight is 368 g/mol. The Balaban J connectivity index is 1.64. The van der Waals surface area contributed by atoms with Gasteiger partial charge in [0.1, 0.15) is 12.4 Å². The quantitative estimate of drug-likeness (QED) is 0.558. The molecule has 0 aliphatic heterocycles. The molecule has 0 radical (unpaired) electrons. The number of nitrogens with zero attached hydrogens (tertiary/aromatic N) is 4. The summed E-state index contributed by atoms with van der Waals surface area (Å²) in [6.45, 7) is -0.204. The average Bonchev–Trinajstić information content (AvgIpc) is 3.08. The summed E-state index contributed by atoms with van der Waals surface area (Å²) >= 11 is 1.39. The van der Waals surface area contributed by atoms with E-state index >= 15 is 0 Å². The molecule has 0 N–H and O–H groups in total. The van der Waals surface area contributed by atoms with Crippen LogP contribution in [-0.4, -0.2) is 27.5 Å². The highest BCUT2D eigenvalue weighted by Crippen LogP contribution is 2.27. The second kappa shape index (κ2) is 6.30. The van der Waals surface area contributed by atoms with Gasteiger partial charge in [-0.05, 0) is 30.3 Å². The number of benzene rings is 2. The molecule has 8 heteroatoms. The molecule has 4 aromatic rings. The number of hydrogen-bond acceptors (Lipinski definition) is 5. The van der Waals surface area contributed by atoms with Gasteiger partial charge in [-0.2, -0.15) is 0 Å². The number of fused-ring (bicyclic) bond motifs is 2. The van der Waals surface area contributed by atoms with Crippen molar-refractivity contribution in [1.29, 1.82) is 0 Å². The monoisotopic (exact) mass is 368 g/mol. The maximum atomic E-state index is 13.4. The molecule has 1 amide bonds. The van der Waals surface area contributed by atoms with E-state index in [0.29, 0.717) is 10.6 Å². The molecule has 6 nitrogen and oxygen atoms in total. The number of carbonyl (C=O) groups excluding carboxylic acids is 1. The molecule has 0 spiro atoms. The molecule has 0 bridgehead atoms. The summed E-state index contributed by atoms with van der Waals surface area (Å²) < 4.78 is 15.6. The first-order chi connectivity index (χ1) is 12.5. The number of hydrogen-bond donors (Lipinski definition) is 0. The fraction of sp³-hybridized carbons (Fsp3) is 0.111. The predicted molar refractivity (Wildman–Crippen MR) is 99.0 cm³/mol.